The molecule has 1 aromatic rings. The smallest absolute Gasteiger partial charge is 0.221 e. The Bertz CT molecular complexity index is 387. The van der Waals surface area contributed by atoms with Crippen LogP contribution in [-0.4, -0.2) is 24.5 Å². The molecule has 19 heavy (non-hydrogen) atoms. The molecule has 0 heterocycles. The Hall–Kier alpha value is -1.35. The van der Waals surface area contributed by atoms with Crippen molar-refractivity contribution in [3.05, 3.63) is 35.9 Å². The van der Waals surface area contributed by atoms with Gasteiger partial charge in [-0.1, -0.05) is 37.3 Å². The van der Waals surface area contributed by atoms with E-state index in [4.69, 9.17) is 0 Å². The molecule has 0 aromatic heterocycles. The summed E-state index contributed by atoms with van der Waals surface area (Å²) in [7, 11) is 0. The van der Waals surface area contributed by atoms with Gasteiger partial charge in [-0.3, -0.25) is 4.79 Å². The Labute approximate surface area is 115 Å². The van der Waals surface area contributed by atoms with E-state index in [9.17, 15) is 4.79 Å². The standard InChI is InChI=1S/C16H24N2O/c1-2-14(12-13-6-4-3-5-7-13)17-11-10-16(19)18-15-8-9-15/h3-7,14-15,17H,2,8-12H2,1H3,(H,18,19). The molecule has 1 atom stereocenters. The summed E-state index contributed by atoms with van der Waals surface area (Å²) >= 11 is 0. The molecule has 0 radical (unpaired) electrons. The predicted molar refractivity (Wildman–Crippen MR) is 78.0 cm³/mol. The summed E-state index contributed by atoms with van der Waals surface area (Å²) in [5, 5.41) is 6.50. The first-order chi connectivity index (χ1) is 9.28. The first kappa shape index (κ1) is 14.1. The first-order valence-electron chi connectivity index (χ1n) is 7.34. The van der Waals surface area contributed by atoms with Crippen LogP contribution in [-0.2, 0) is 11.2 Å². The summed E-state index contributed by atoms with van der Waals surface area (Å²) in [5.41, 5.74) is 1.35. The maximum absolute atomic E-state index is 11.6. The fourth-order valence-electron chi connectivity index (χ4n) is 2.18. The lowest BCUT2D eigenvalue weighted by molar-refractivity contribution is -0.121. The fraction of sp³-hybridized carbons (Fsp3) is 0.562. The summed E-state index contributed by atoms with van der Waals surface area (Å²) in [6, 6.07) is 11.4. The lowest BCUT2D eigenvalue weighted by atomic mass is 10.0. The van der Waals surface area contributed by atoms with Gasteiger partial charge in [0.25, 0.3) is 0 Å². The summed E-state index contributed by atoms with van der Waals surface area (Å²) < 4.78 is 0. The Balaban J connectivity index is 1.65. The van der Waals surface area contributed by atoms with E-state index in [0.29, 0.717) is 18.5 Å². The van der Waals surface area contributed by atoms with Gasteiger partial charge in [0.05, 0.1) is 0 Å². The number of rotatable bonds is 8. The molecule has 2 N–H and O–H groups in total. The van der Waals surface area contributed by atoms with Gasteiger partial charge in [0.15, 0.2) is 0 Å². The quantitative estimate of drug-likeness (QED) is 0.753. The monoisotopic (exact) mass is 260 g/mol. The van der Waals surface area contributed by atoms with Gasteiger partial charge in [-0.05, 0) is 31.2 Å². The molecule has 2 rings (SSSR count). The van der Waals surface area contributed by atoms with Crippen LogP contribution in [0.3, 0.4) is 0 Å². The Morgan fingerprint density at radius 3 is 2.68 bits per heavy atom. The zero-order chi connectivity index (χ0) is 13.5. The van der Waals surface area contributed by atoms with Crippen LogP contribution in [0.25, 0.3) is 0 Å². The third-order valence-corrected chi connectivity index (χ3v) is 3.55. The lowest BCUT2D eigenvalue weighted by Gasteiger charge is -2.17. The molecule has 1 aliphatic carbocycles. The van der Waals surface area contributed by atoms with Crippen LogP contribution in [0, 0.1) is 0 Å². The molecular formula is C16H24N2O. The summed E-state index contributed by atoms with van der Waals surface area (Å²) in [6.45, 7) is 2.95. The first-order valence-corrected chi connectivity index (χ1v) is 7.34. The van der Waals surface area contributed by atoms with Crippen molar-refractivity contribution in [3.8, 4) is 0 Å². The van der Waals surface area contributed by atoms with Crippen molar-refractivity contribution in [2.75, 3.05) is 6.54 Å². The molecule has 1 aromatic carbocycles. The Kier molecular flexibility index (Phi) is 5.40. The highest BCUT2D eigenvalue weighted by molar-refractivity contribution is 5.76. The molecule has 0 bridgehead atoms. The average Bonchev–Trinajstić information content (AvgIpc) is 3.22. The van der Waals surface area contributed by atoms with Crippen molar-refractivity contribution in [3.63, 3.8) is 0 Å². The SMILES string of the molecule is CCC(Cc1ccccc1)NCCC(=O)NC1CC1. The second-order valence-electron chi connectivity index (χ2n) is 5.34. The zero-order valence-electron chi connectivity index (χ0n) is 11.7. The number of amides is 1. The van der Waals surface area contributed by atoms with Crippen molar-refractivity contribution in [2.24, 2.45) is 0 Å². The van der Waals surface area contributed by atoms with Crippen LogP contribution < -0.4 is 10.6 Å². The van der Waals surface area contributed by atoms with Gasteiger partial charge < -0.3 is 10.6 Å². The maximum atomic E-state index is 11.6. The van der Waals surface area contributed by atoms with Crippen molar-refractivity contribution < 1.29 is 4.79 Å². The van der Waals surface area contributed by atoms with E-state index in [1.54, 1.807) is 0 Å². The number of hydrogen-bond donors (Lipinski definition) is 2. The highest BCUT2D eigenvalue weighted by atomic mass is 16.1. The minimum atomic E-state index is 0.185. The number of nitrogens with one attached hydrogen (secondary N) is 2. The molecule has 104 valence electrons. The zero-order valence-corrected chi connectivity index (χ0v) is 11.7. The van der Waals surface area contributed by atoms with E-state index < -0.39 is 0 Å². The van der Waals surface area contributed by atoms with Gasteiger partial charge in [0, 0.05) is 25.0 Å². The summed E-state index contributed by atoms with van der Waals surface area (Å²) in [6.07, 6.45) is 5.01. The molecule has 0 aliphatic heterocycles. The fourth-order valence-corrected chi connectivity index (χ4v) is 2.18. The largest absolute Gasteiger partial charge is 0.353 e. The van der Waals surface area contributed by atoms with E-state index in [-0.39, 0.29) is 5.91 Å². The highest BCUT2D eigenvalue weighted by Gasteiger charge is 2.22. The van der Waals surface area contributed by atoms with Crippen LogP contribution in [0.4, 0.5) is 0 Å². The van der Waals surface area contributed by atoms with E-state index in [0.717, 1.165) is 32.2 Å². The topological polar surface area (TPSA) is 41.1 Å². The minimum absolute atomic E-state index is 0.185. The molecule has 1 saturated carbocycles. The molecule has 1 amide bonds. The van der Waals surface area contributed by atoms with Gasteiger partial charge in [0.1, 0.15) is 0 Å². The molecule has 1 fully saturated rings. The predicted octanol–water partition coefficient (Wildman–Crippen LogP) is 2.27. The van der Waals surface area contributed by atoms with Gasteiger partial charge >= 0.3 is 0 Å². The number of benzene rings is 1. The summed E-state index contributed by atoms with van der Waals surface area (Å²) in [4.78, 5) is 11.6. The van der Waals surface area contributed by atoms with E-state index in [2.05, 4.69) is 41.8 Å². The molecular weight excluding hydrogens is 236 g/mol. The third-order valence-electron chi connectivity index (χ3n) is 3.55. The van der Waals surface area contributed by atoms with Gasteiger partial charge in [0.2, 0.25) is 5.91 Å². The Morgan fingerprint density at radius 2 is 2.05 bits per heavy atom. The van der Waals surface area contributed by atoms with Crippen LogP contribution >= 0.6 is 0 Å². The van der Waals surface area contributed by atoms with E-state index >= 15 is 0 Å². The van der Waals surface area contributed by atoms with E-state index in [1.165, 1.54) is 5.56 Å². The number of hydrogen-bond acceptors (Lipinski definition) is 2. The minimum Gasteiger partial charge on any atom is -0.353 e. The summed E-state index contributed by atoms with van der Waals surface area (Å²) in [5.74, 6) is 0.185. The molecule has 1 unspecified atom stereocenters. The van der Waals surface area contributed by atoms with Crippen molar-refractivity contribution in [1.82, 2.24) is 10.6 Å². The maximum Gasteiger partial charge on any atom is 0.221 e. The molecule has 1 aliphatic rings. The lowest BCUT2D eigenvalue weighted by Crippen LogP contribution is -2.35. The second-order valence-corrected chi connectivity index (χ2v) is 5.34. The normalized spacial score (nSPS) is 16.1. The van der Waals surface area contributed by atoms with Crippen molar-refractivity contribution >= 4 is 5.91 Å². The van der Waals surface area contributed by atoms with Crippen LogP contribution in [0.15, 0.2) is 30.3 Å². The van der Waals surface area contributed by atoms with Gasteiger partial charge in [-0.15, -0.1) is 0 Å². The van der Waals surface area contributed by atoms with Crippen molar-refractivity contribution in [1.29, 1.82) is 0 Å². The van der Waals surface area contributed by atoms with Crippen LogP contribution in [0.1, 0.15) is 38.2 Å². The van der Waals surface area contributed by atoms with E-state index in [1.807, 2.05) is 6.07 Å². The number of carbonyl (C=O) groups excluding carboxylic acids is 1. The molecule has 0 saturated heterocycles. The Morgan fingerprint density at radius 1 is 1.32 bits per heavy atom. The second kappa shape index (κ2) is 7.29. The number of carbonyl (C=O) groups is 1. The van der Waals surface area contributed by atoms with Gasteiger partial charge in [-0.25, -0.2) is 0 Å². The average molecular weight is 260 g/mol. The molecule has 0 spiro atoms. The van der Waals surface area contributed by atoms with Gasteiger partial charge in [-0.2, -0.15) is 0 Å². The highest BCUT2D eigenvalue weighted by Crippen LogP contribution is 2.18. The third kappa shape index (κ3) is 5.43. The molecule has 3 nitrogen and oxygen atoms in total. The van der Waals surface area contributed by atoms with Crippen molar-refractivity contribution in [2.45, 2.75) is 51.1 Å². The van der Waals surface area contributed by atoms with Crippen LogP contribution in [0.5, 0.6) is 0 Å². The van der Waals surface area contributed by atoms with Crippen LogP contribution in [0.2, 0.25) is 0 Å². The molecule has 3 heteroatoms.